The van der Waals surface area contributed by atoms with E-state index >= 15 is 0 Å². The molecular weight excluding hydrogens is 572 g/mol. The fourth-order valence-corrected chi connectivity index (χ4v) is 6.62. The Bertz CT molecular complexity index is 1770. The lowest BCUT2D eigenvalue weighted by molar-refractivity contribution is 0.0722. The number of sulfonamides is 1. The van der Waals surface area contributed by atoms with Crippen molar-refractivity contribution >= 4 is 33.2 Å². The first-order valence-corrected chi connectivity index (χ1v) is 15.5. The number of aromatic nitrogens is 2. The molecule has 1 heterocycles. The fourth-order valence-electron chi connectivity index (χ4n) is 5.14. The van der Waals surface area contributed by atoms with Gasteiger partial charge in [0.15, 0.2) is 0 Å². The Balaban J connectivity index is 1.75. The van der Waals surface area contributed by atoms with Gasteiger partial charge < -0.3 is 4.90 Å². The molecule has 10 heteroatoms. The number of nitrogens with zero attached hydrogens (tertiary/aromatic N) is 4. The molecule has 0 aliphatic carbocycles. The van der Waals surface area contributed by atoms with Gasteiger partial charge in [-0.1, -0.05) is 61.8 Å². The van der Waals surface area contributed by atoms with E-state index in [1.807, 2.05) is 52.0 Å². The van der Waals surface area contributed by atoms with Crippen LogP contribution in [0.15, 0.2) is 76.4 Å². The molecule has 0 aliphatic heterocycles. The van der Waals surface area contributed by atoms with Crippen molar-refractivity contribution in [1.82, 2.24) is 14.3 Å². The smallest absolute Gasteiger partial charge is 0.296 e. The molecule has 0 fully saturated rings. The number of para-hydroxylation sites is 1. The summed E-state index contributed by atoms with van der Waals surface area (Å²) in [5.74, 6) is -0.193. The van der Waals surface area contributed by atoms with Gasteiger partial charge in [0.2, 0.25) is 0 Å². The van der Waals surface area contributed by atoms with Crippen molar-refractivity contribution in [2.24, 2.45) is 13.0 Å². The van der Waals surface area contributed by atoms with Crippen LogP contribution in [0.5, 0.6) is 0 Å². The summed E-state index contributed by atoms with van der Waals surface area (Å²) in [7, 11) is -1.19. The average molecular weight is 609 g/mol. The molecule has 0 saturated carbocycles. The predicted molar refractivity (Wildman–Crippen MR) is 168 cm³/mol. The van der Waals surface area contributed by atoms with Crippen LogP contribution in [0.25, 0.3) is 5.69 Å². The SMILES string of the molecule is Cc1cccc(C)c1CN(CC(C)C)C(=O)c1cc(S(=O)(=O)N(C)c2c(C)n(C)n(-c3ccccc3)c2=O)ccc1Cl. The first-order chi connectivity index (χ1) is 19.7. The maximum absolute atomic E-state index is 13.9. The summed E-state index contributed by atoms with van der Waals surface area (Å²) >= 11 is 6.51. The Hall–Kier alpha value is -3.82. The number of aryl methyl sites for hydroxylation is 2. The van der Waals surface area contributed by atoms with Gasteiger partial charge in [-0.2, -0.15) is 0 Å². The highest BCUT2D eigenvalue weighted by molar-refractivity contribution is 7.92. The number of benzene rings is 3. The molecule has 222 valence electrons. The second-order valence-electron chi connectivity index (χ2n) is 11.0. The number of carbonyl (C=O) groups is 1. The van der Waals surface area contributed by atoms with Gasteiger partial charge in [-0.15, -0.1) is 0 Å². The maximum Gasteiger partial charge on any atom is 0.296 e. The molecule has 4 aromatic rings. The Morgan fingerprint density at radius 2 is 1.57 bits per heavy atom. The minimum Gasteiger partial charge on any atom is -0.334 e. The molecule has 0 aliphatic rings. The molecule has 1 aromatic heterocycles. The molecule has 3 aromatic carbocycles. The van der Waals surface area contributed by atoms with Crippen molar-refractivity contribution in [2.45, 2.75) is 46.1 Å². The molecule has 0 atom stereocenters. The second kappa shape index (κ2) is 12.2. The largest absolute Gasteiger partial charge is 0.334 e. The number of halogens is 1. The van der Waals surface area contributed by atoms with Crippen molar-refractivity contribution in [2.75, 3.05) is 17.9 Å². The van der Waals surface area contributed by atoms with Gasteiger partial charge in [0, 0.05) is 27.2 Å². The first kappa shape index (κ1) is 31.1. The van der Waals surface area contributed by atoms with Crippen molar-refractivity contribution in [3.05, 3.63) is 110 Å². The number of amides is 1. The molecule has 1 amide bonds. The minimum absolute atomic E-state index is 0.0145. The second-order valence-corrected chi connectivity index (χ2v) is 13.4. The molecular formula is C32H37ClN4O4S. The Morgan fingerprint density at radius 3 is 2.17 bits per heavy atom. The summed E-state index contributed by atoms with van der Waals surface area (Å²) < 4.78 is 31.8. The number of rotatable bonds is 9. The van der Waals surface area contributed by atoms with Gasteiger partial charge in [0.1, 0.15) is 5.69 Å². The van der Waals surface area contributed by atoms with Crippen molar-refractivity contribution < 1.29 is 13.2 Å². The van der Waals surface area contributed by atoms with Gasteiger partial charge in [-0.05, 0) is 73.7 Å². The lowest BCUT2D eigenvalue weighted by atomic mass is 10.0. The van der Waals surface area contributed by atoms with Crippen LogP contribution in [-0.2, 0) is 23.6 Å². The van der Waals surface area contributed by atoms with Crippen LogP contribution in [0.1, 0.15) is 46.6 Å². The Labute approximate surface area is 252 Å². The third-order valence-electron chi connectivity index (χ3n) is 7.53. The van der Waals surface area contributed by atoms with Crippen LogP contribution in [0, 0.1) is 26.7 Å². The van der Waals surface area contributed by atoms with Gasteiger partial charge in [-0.25, -0.2) is 13.1 Å². The monoisotopic (exact) mass is 608 g/mol. The lowest BCUT2D eigenvalue weighted by Crippen LogP contribution is -2.35. The van der Waals surface area contributed by atoms with E-state index in [1.165, 1.54) is 29.9 Å². The summed E-state index contributed by atoms with van der Waals surface area (Å²) in [6, 6.07) is 19.1. The third kappa shape index (κ3) is 5.89. The number of hydrogen-bond donors (Lipinski definition) is 0. The molecule has 0 saturated heterocycles. The normalized spacial score (nSPS) is 11.6. The Morgan fingerprint density at radius 1 is 0.952 bits per heavy atom. The zero-order chi connectivity index (χ0) is 30.9. The highest BCUT2D eigenvalue weighted by Crippen LogP contribution is 2.28. The van der Waals surface area contributed by atoms with Crippen LogP contribution in [0.4, 0.5) is 5.69 Å². The molecule has 4 rings (SSSR count). The molecule has 42 heavy (non-hydrogen) atoms. The van der Waals surface area contributed by atoms with E-state index in [4.69, 9.17) is 11.6 Å². The third-order valence-corrected chi connectivity index (χ3v) is 9.61. The summed E-state index contributed by atoms with van der Waals surface area (Å²) in [5, 5.41) is 0.152. The van der Waals surface area contributed by atoms with Crippen LogP contribution in [-0.4, -0.2) is 42.2 Å². The minimum atomic E-state index is -4.24. The molecule has 0 radical (unpaired) electrons. The zero-order valence-electron chi connectivity index (χ0n) is 25.1. The summed E-state index contributed by atoms with van der Waals surface area (Å²) in [4.78, 5) is 29.0. The highest BCUT2D eigenvalue weighted by Gasteiger charge is 2.30. The van der Waals surface area contributed by atoms with Gasteiger partial charge in [0.05, 0.1) is 26.9 Å². The van der Waals surface area contributed by atoms with Crippen LogP contribution in [0.2, 0.25) is 5.02 Å². The van der Waals surface area contributed by atoms with E-state index in [0.29, 0.717) is 24.5 Å². The van der Waals surface area contributed by atoms with Crippen LogP contribution < -0.4 is 9.86 Å². The lowest BCUT2D eigenvalue weighted by Gasteiger charge is -2.27. The molecule has 0 N–H and O–H groups in total. The maximum atomic E-state index is 13.9. The molecule has 8 nitrogen and oxygen atoms in total. The van der Waals surface area contributed by atoms with E-state index in [9.17, 15) is 18.0 Å². The van der Waals surface area contributed by atoms with Crippen LogP contribution in [0.3, 0.4) is 0 Å². The van der Waals surface area contributed by atoms with E-state index < -0.39 is 15.6 Å². The number of carbonyl (C=O) groups excluding carboxylic acids is 1. The summed E-state index contributed by atoms with van der Waals surface area (Å²) in [6.45, 7) is 10.6. The number of hydrogen-bond acceptors (Lipinski definition) is 4. The topological polar surface area (TPSA) is 84.6 Å². The fraction of sp³-hybridized carbons (Fsp3) is 0.312. The van der Waals surface area contributed by atoms with Crippen molar-refractivity contribution in [3.8, 4) is 5.69 Å². The zero-order valence-corrected chi connectivity index (χ0v) is 26.6. The number of anilines is 1. The highest BCUT2D eigenvalue weighted by atomic mass is 35.5. The summed E-state index contributed by atoms with van der Waals surface area (Å²) in [6.07, 6.45) is 0. The van der Waals surface area contributed by atoms with E-state index in [-0.39, 0.29) is 33.0 Å². The molecule has 0 bridgehead atoms. The average Bonchev–Trinajstić information content (AvgIpc) is 3.16. The van der Waals surface area contributed by atoms with E-state index in [1.54, 1.807) is 47.8 Å². The quantitative estimate of drug-likeness (QED) is 0.238. The van der Waals surface area contributed by atoms with Crippen LogP contribution >= 0.6 is 11.6 Å². The summed E-state index contributed by atoms with van der Waals surface area (Å²) in [5.41, 5.74) is 3.88. The van der Waals surface area contributed by atoms with Crippen molar-refractivity contribution in [3.63, 3.8) is 0 Å². The Kier molecular flexibility index (Phi) is 9.03. The van der Waals surface area contributed by atoms with Crippen molar-refractivity contribution in [1.29, 1.82) is 0 Å². The molecule has 0 unspecified atom stereocenters. The van der Waals surface area contributed by atoms with E-state index in [0.717, 1.165) is 21.0 Å². The molecule has 0 spiro atoms. The predicted octanol–water partition coefficient (Wildman–Crippen LogP) is 5.88. The standard InChI is InChI=1S/C32H37ClN4O4S/c1-21(2)19-36(20-28-22(3)12-11-13-23(28)4)31(38)27-18-26(16-17-29(27)33)42(40,41)35(7)30-24(5)34(6)37(32(30)39)25-14-9-8-10-15-25/h8-18,21H,19-20H2,1-7H3. The van der Waals surface area contributed by atoms with E-state index in [2.05, 4.69) is 0 Å². The van der Waals surface area contributed by atoms with Gasteiger partial charge in [-0.3, -0.25) is 18.6 Å². The van der Waals surface area contributed by atoms with Gasteiger partial charge >= 0.3 is 0 Å². The first-order valence-electron chi connectivity index (χ1n) is 13.7. The van der Waals surface area contributed by atoms with Gasteiger partial charge in [0.25, 0.3) is 21.5 Å².